The lowest BCUT2D eigenvalue weighted by atomic mass is 9.80. The van der Waals surface area contributed by atoms with Gasteiger partial charge >= 0.3 is 5.76 Å². The third-order valence-electron chi connectivity index (χ3n) is 5.44. The van der Waals surface area contributed by atoms with Crippen molar-refractivity contribution >= 4 is 17.0 Å². The van der Waals surface area contributed by atoms with Crippen LogP contribution in [-0.4, -0.2) is 46.6 Å². The van der Waals surface area contributed by atoms with E-state index in [0.717, 1.165) is 24.1 Å². The number of β-amino-alcohol motifs (C(OH)–C–C–N with tert-alkyl or cyclic N) is 1. The summed E-state index contributed by atoms with van der Waals surface area (Å²) in [5, 5.41) is 9.89. The van der Waals surface area contributed by atoms with Gasteiger partial charge in [0.25, 0.3) is 0 Å². The fourth-order valence-electron chi connectivity index (χ4n) is 4.12. The van der Waals surface area contributed by atoms with E-state index in [4.69, 9.17) is 10.2 Å². The number of benzene rings is 2. The molecule has 7 nitrogen and oxygen atoms in total. The number of carbonyl (C=O) groups excluding carboxylic acids is 1. The standard InChI is InChI=1S/C21H23N3O4/c22-20(26)19(14-6-7-18-17(10-14)23-21(27)28-18)16(13-4-2-1-3-5-13)12-24-9-8-15(25)11-24/h1-7,10,15-16,19,25H,8-9,11-12H2,(H2,22,26)(H,23,27)/t15-,16+,19?/m0/s1. The minimum atomic E-state index is -0.581. The summed E-state index contributed by atoms with van der Waals surface area (Å²) < 4.78 is 5.06. The number of aliphatic hydroxyl groups is 1. The molecule has 146 valence electrons. The molecule has 1 aliphatic heterocycles. The van der Waals surface area contributed by atoms with Gasteiger partial charge in [-0.2, -0.15) is 0 Å². The predicted octanol–water partition coefficient (Wildman–Crippen LogP) is 1.54. The molecular formula is C21H23N3O4. The number of hydrogen-bond donors (Lipinski definition) is 3. The Hall–Kier alpha value is -2.90. The van der Waals surface area contributed by atoms with Crippen molar-refractivity contribution in [3.8, 4) is 0 Å². The molecule has 1 saturated heterocycles. The molecule has 2 heterocycles. The maximum atomic E-state index is 12.6. The molecule has 1 amide bonds. The second kappa shape index (κ2) is 7.61. The Labute approximate surface area is 161 Å². The van der Waals surface area contributed by atoms with Gasteiger partial charge in [-0.15, -0.1) is 0 Å². The number of rotatable bonds is 6. The monoisotopic (exact) mass is 381 g/mol. The van der Waals surface area contributed by atoms with E-state index in [-0.39, 0.29) is 12.0 Å². The topological polar surface area (TPSA) is 113 Å². The third kappa shape index (κ3) is 3.72. The number of carbonyl (C=O) groups is 1. The van der Waals surface area contributed by atoms with Crippen LogP contribution in [0.2, 0.25) is 0 Å². The molecular weight excluding hydrogens is 358 g/mol. The highest BCUT2D eigenvalue weighted by Crippen LogP contribution is 2.35. The lowest BCUT2D eigenvalue weighted by Gasteiger charge is -2.29. The molecule has 0 bridgehead atoms. The summed E-state index contributed by atoms with van der Waals surface area (Å²) >= 11 is 0. The Balaban J connectivity index is 1.75. The zero-order chi connectivity index (χ0) is 19.7. The first kappa shape index (κ1) is 18.5. The maximum absolute atomic E-state index is 12.6. The van der Waals surface area contributed by atoms with E-state index in [1.54, 1.807) is 18.2 Å². The number of aliphatic hydroxyl groups excluding tert-OH is 1. The van der Waals surface area contributed by atoms with Crippen LogP contribution >= 0.6 is 0 Å². The van der Waals surface area contributed by atoms with Crippen LogP contribution in [-0.2, 0) is 4.79 Å². The number of primary amides is 1. The fraction of sp³-hybridized carbons (Fsp3) is 0.333. The fourth-order valence-corrected chi connectivity index (χ4v) is 4.12. The highest BCUT2D eigenvalue weighted by atomic mass is 16.4. The summed E-state index contributed by atoms with van der Waals surface area (Å²) in [7, 11) is 0. The smallest absolute Gasteiger partial charge is 0.408 e. The van der Waals surface area contributed by atoms with Crippen LogP contribution in [0.15, 0.2) is 57.7 Å². The summed E-state index contributed by atoms with van der Waals surface area (Å²) in [6.45, 7) is 1.97. The minimum absolute atomic E-state index is 0.180. The molecule has 0 saturated carbocycles. The van der Waals surface area contributed by atoms with Crippen molar-refractivity contribution in [3.63, 3.8) is 0 Å². The number of nitrogens with one attached hydrogen (secondary N) is 1. The number of oxazole rings is 1. The van der Waals surface area contributed by atoms with Crippen molar-refractivity contribution in [2.24, 2.45) is 5.73 Å². The van der Waals surface area contributed by atoms with Crippen molar-refractivity contribution in [3.05, 3.63) is 70.2 Å². The zero-order valence-electron chi connectivity index (χ0n) is 15.4. The maximum Gasteiger partial charge on any atom is 0.417 e. The van der Waals surface area contributed by atoms with Gasteiger partial charge in [0.1, 0.15) is 0 Å². The van der Waals surface area contributed by atoms with E-state index in [1.165, 1.54) is 0 Å². The van der Waals surface area contributed by atoms with Crippen molar-refractivity contribution in [1.82, 2.24) is 9.88 Å². The normalized spacial score (nSPS) is 19.7. The molecule has 0 spiro atoms. The van der Waals surface area contributed by atoms with Crippen LogP contribution in [0, 0.1) is 0 Å². The number of nitrogens with zero attached hydrogens (tertiary/aromatic N) is 1. The van der Waals surface area contributed by atoms with Gasteiger partial charge in [0, 0.05) is 25.6 Å². The molecule has 1 aromatic heterocycles. The van der Waals surface area contributed by atoms with Crippen LogP contribution in [0.1, 0.15) is 29.4 Å². The van der Waals surface area contributed by atoms with Gasteiger partial charge in [0.05, 0.1) is 17.5 Å². The number of nitrogens with two attached hydrogens (primary N) is 1. The number of aromatic nitrogens is 1. The van der Waals surface area contributed by atoms with Crippen molar-refractivity contribution in [2.75, 3.05) is 19.6 Å². The molecule has 7 heteroatoms. The Morgan fingerprint density at radius 2 is 2.04 bits per heavy atom. The molecule has 28 heavy (non-hydrogen) atoms. The van der Waals surface area contributed by atoms with Crippen LogP contribution in [0.4, 0.5) is 0 Å². The Kier molecular flexibility index (Phi) is 5.02. The van der Waals surface area contributed by atoms with E-state index >= 15 is 0 Å². The predicted molar refractivity (Wildman–Crippen MR) is 105 cm³/mol. The van der Waals surface area contributed by atoms with E-state index in [2.05, 4.69) is 9.88 Å². The Morgan fingerprint density at radius 3 is 2.71 bits per heavy atom. The second-order valence-electron chi connectivity index (χ2n) is 7.37. The van der Waals surface area contributed by atoms with Crippen molar-refractivity contribution < 1.29 is 14.3 Å². The zero-order valence-corrected chi connectivity index (χ0v) is 15.4. The van der Waals surface area contributed by atoms with Crippen molar-refractivity contribution in [1.29, 1.82) is 0 Å². The summed E-state index contributed by atoms with van der Waals surface area (Å²) in [6.07, 6.45) is 0.390. The number of hydrogen-bond acceptors (Lipinski definition) is 5. The molecule has 1 aliphatic rings. The van der Waals surface area contributed by atoms with Crippen LogP contribution in [0.5, 0.6) is 0 Å². The molecule has 4 N–H and O–H groups in total. The van der Waals surface area contributed by atoms with E-state index < -0.39 is 17.6 Å². The first-order valence-corrected chi connectivity index (χ1v) is 9.38. The molecule has 3 atom stereocenters. The molecule has 2 aromatic carbocycles. The third-order valence-corrected chi connectivity index (χ3v) is 5.44. The van der Waals surface area contributed by atoms with Gasteiger partial charge in [-0.25, -0.2) is 4.79 Å². The first-order valence-electron chi connectivity index (χ1n) is 9.38. The molecule has 0 radical (unpaired) electrons. The molecule has 1 unspecified atom stereocenters. The number of amides is 1. The molecule has 3 aromatic rings. The highest BCUT2D eigenvalue weighted by Gasteiger charge is 2.33. The summed E-state index contributed by atoms with van der Waals surface area (Å²) in [5.41, 5.74) is 8.57. The van der Waals surface area contributed by atoms with Gasteiger partial charge in [0.2, 0.25) is 5.91 Å². The Morgan fingerprint density at radius 1 is 1.25 bits per heavy atom. The summed E-state index contributed by atoms with van der Waals surface area (Å²) in [5.74, 6) is -1.73. The second-order valence-corrected chi connectivity index (χ2v) is 7.37. The average molecular weight is 381 g/mol. The van der Waals surface area contributed by atoms with Crippen LogP contribution in [0.25, 0.3) is 11.1 Å². The van der Waals surface area contributed by atoms with Gasteiger partial charge < -0.3 is 20.2 Å². The van der Waals surface area contributed by atoms with Gasteiger partial charge in [-0.1, -0.05) is 36.4 Å². The number of likely N-dealkylation sites (tertiary alicyclic amines) is 1. The lowest BCUT2D eigenvalue weighted by molar-refractivity contribution is -0.120. The minimum Gasteiger partial charge on any atom is -0.408 e. The Bertz CT molecular complexity index is 1030. The lowest BCUT2D eigenvalue weighted by Crippen LogP contribution is -2.35. The van der Waals surface area contributed by atoms with Gasteiger partial charge in [-0.3, -0.25) is 9.78 Å². The van der Waals surface area contributed by atoms with E-state index in [1.807, 2.05) is 30.3 Å². The summed E-state index contributed by atoms with van der Waals surface area (Å²) in [4.78, 5) is 28.8. The van der Waals surface area contributed by atoms with Crippen molar-refractivity contribution in [2.45, 2.75) is 24.4 Å². The SMILES string of the molecule is NC(=O)C(c1ccc2oc(=O)[nH]c2c1)[C@H](CN1CC[C@H](O)C1)c1ccccc1. The highest BCUT2D eigenvalue weighted by molar-refractivity contribution is 5.85. The molecule has 4 rings (SSSR count). The van der Waals surface area contributed by atoms with Crippen LogP contribution in [0.3, 0.4) is 0 Å². The molecule has 0 aliphatic carbocycles. The first-order chi connectivity index (χ1) is 13.5. The van der Waals surface area contributed by atoms with Gasteiger partial charge in [0.15, 0.2) is 5.58 Å². The molecule has 1 fully saturated rings. The number of H-pyrrole nitrogens is 1. The summed E-state index contributed by atoms with van der Waals surface area (Å²) in [6, 6.07) is 15.0. The largest absolute Gasteiger partial charge is 0.417 e. The number of aromatic amines is 1. The number of fused-ring (bicyclic) bond motifs is 1. The quantitative estimate of drug-likeness (QED) is 0.600. The van der Waals surface area contributed by atoms with E-state index in [0.29, 0.717) is 24.2 Å². The van der Waals surface area contributed by atoms with E-state index in [9.17, 15) is 14.7 Å². The van der Waals surface area contributed by atoms with Crippen LogP contribution < -0.4 is 11.5 Å². The average Bonchev–Trinajstić information content (AvgIpc) is 3.25. The van der Waals surface area contributed by atoms with Gasteiger partial charge in [-0.05, 0) is 29.7 Å².